The quantitative estimate of drug-likeness (QED) is 0.0664. The van der Waals surface area contributed by atoms with Crippen molar-refractivity contribution < 1.29 is 0 Å². The Morgan fingerprint density at radius 2 is 0.773 bits per heavy atom. The van der Waals surface area contributed by atoms with Crippen molar-refractivity contribution in [3.05, 3.63) is 304 Å². The molecule has 0 aliphatic rings. The highest BCUT2D eigenvalue weighted by atomic mass is 32.2. The van der Waals surface area contributed by atoms with Gasteiger partial charge in [-0.15, -0.1) is 0 Å². The molecule has 11 aromatic carbocycles. The maximum absolute atomic E-state index is 4.09. The van der Waals surface area contributed by atoms with Gasteiger partial charge in [-0.3, -0.25) is 0 Å². The molecule has 0 unspecified atom stereocenters. The summed E-state index contributed by atoms with van der Waals surface area (Å²) in [5.74, 6) is 0. The number of anilines is 8. The van der Waals surface area contributed by atoms with Gasteiger partial charge in [-0.05, 0) is 142 Å². The molecule has 0 atom stereocenters. The normalized spacial score (nSPS) is 11.7. The largest absolute Gasteiger partial charge is 0.314 e. The third-order valence-electron chi connectivity index (χ3n) is 13.7. The minimum absolute atomic E-state index is 0.926. The predicted molar refractivity (Wildman–Crippen MR) is 326 cm³/mol. The van der Waals surface area contributed by atoms with Gasteiger partial charge in [0.25, 0.3) is 0 Å². The predicted octanol–water partition coefficient (Wildman–Crippen LogP) is 21.1. The van der Waals surface area contributed by atoms with Gasteiger partial charge in [-0.2, -0.15) is 0 Å². The number of benzene rings is 11. The van der Waals surface area contributed by atoms with E-state index in [1.807, 2.05) is 12.2 Å². The van der Waals surface area contributed by atoms with Crippen LogP contribution in [0.3, 0.4) is 0 Å². The van der Waals surface area contributed by atoms with Crippen LogP contribution >= 0.6 is 11.8 Å². The van der Waals surface area contributed by atoms with Crippen molar-refractivity contribution in [3.63, 3.8) is 0 Å². The first kappa shape index (κ1) is 48.2. The van der Waals surface area contributed by atoms with Gasteiger partial charge in [0.2, 0.25) is 0 Å². The Kier molecular flexibility index (Phi) is 14.4. The van der Waals surface area contributed by atoms with Crippen molar-refractivity contribution in [1.29, 1.82) is 0 Å². The second-order valence-corrected chi connectivity index (χ2v) is 19.6. The average molecular weight is 984 g/mol. The summed E-state index contributed by atoms with van der Waals surface area (Å²) < 4.78 is 0. The highest BCUT2D eigenvalue weighted by Crippen LogP contribution is 2.45. The Bertz CT molecular complexity index is 3820. The average Bonchev–Trinajstić information content (AvgIpc) is 3.47. The molecule has 0 bridgehead atoms. The Hall–Kier alpha value is -9.09. The molecule has 0 N–H and O–H groups in total. The van der Waals surface area contributed by atoms with Gasteiger partial charge in [-0.1, -0.05) is 214 Å². The summed E-state index contributed by atoms with van der Waals surface area (Å²) in [7, 11) is 0. The van der Waals surface area contributed by atoms with Crippen molar-refractivity contribution in [2.24, 2.45) is 0 Å². The van der Waals surface area contributed by atoms with E-state index in [0.717, 1.165) is 79.9 Å². The lowest BCUT2D eigenvalue weighted by Gasteiger charge is -2.30. The molecule has 0 heterocycles. The number of hydrogen-bond donors (Lipinski definition) is 0. The Labute approximate surface area is 446 Å². The van der Waals surface area contributed by atoms with Crippen LogP contribution in [0.4, 0.5) is 45.5 Å². The van der Waals surface area contributed by atoms with E-state index in [0.29, 0.717) is 0 Å². The van der Waals surface area contributed by atoms with E-state index < -0.39 is 0 Å². The molecule has 3 nitrogen and oxygen atoms in total. The van der Waals surface area contributed by atoms with Crippen LogP contribution in [0.25, 0.3) is 48.3 Å². The fourth-order valence-electron chi connectivity index (χ4n) is 10.2. The van der Waals surface area contributed by atoms with Crippen LogP contribution in [-0.4, -0.2) is 0 Å². The van der Waals surface area contributed by atoms with Gasteiger partial charge < -0.3 is 14.7 Å². The number of fused-ring (bicyclic) bond motifs is 3. The number of allylic oxidation sites excluding steroid dienone is 5. The van der Waals surface area contributed by atoms with E-state index in [4.69, 9.17) is 0 Å². The zero-order chi connectivity index (χ0) is 50.9. The molecule has 11 rings (SSSR count). The van der Waals surface area contributed by atoms with Crippen LogP contribution in [0.2, 0.25) is 0 Å². The fraction of sp³-hybridized carbons (Fsp3) is 0.0423. The summed E-state index contributed by atoms with van der Waals surface area (Å²) in [4.78, 5) is 9.49. The van der Waals surface area contributed by atoms with Gasteiger partial charge in [0.05, 0.1) is 17.1 Å². The van der Waals surface area contributed by atoms with Gasteiger partial charge >= 0.3 is 0 Å². The fourth-order valence-corrected chi connectivity index (χ4v) is 11.2. The first-order chi connectivity index (χ1) is 37.1. The smallest absolute Gasteiger partial charge is 0.0540 e. The Balaban J connectivity index is 0.956. The molecule has 362 valence electrons. The Morgan fingerprint density at radius 1 is 0.387 bits per heavy atom. The third-order valence-corrected chi connectivity index (χ3v) is 14.8. The third kappa shape index (κ3) is 10.2. The molecular weight excluding hydrogens is 927 g/mol. The second-order valence-electron chi connectivity index (χ2n) is 18.5. The highest BCUT2D eigenvalue weighted by molar-refractivity contribution is 8.08. The molecule has 0 radical (unpaired) electrons. The molecule has 0 aliphatic heterocycles. The van der Waals surface area contributed by atoms with E-state index in [9.17, 15) is 0 Å². The second kappa shape index (κ2) is 22.4. The molecular formula is C71H57N3S. The van der Waals surface area contributed by atoms with Crippen LogP contribution in [-0.2, 0) is 0 Å². The SMILES string of the molecule is C=C/C=C(\Sc1ccccc1)c1ccc(N(c2ccc(N(c3ccc(-c4ccc(N(/C(=C/C=C)CCC)c5cccc6ccccc56)cc4)cc3)c3cccc4ccccc34)cc2)c2cccc3ccccc23)cc1. The van der Waals surface area contributed by atoms with Gasteiger partial charge in [0.1, 0.15) is 0 Å². The lowest BCUT2D eigenvalue weighted by molar-refractivity contribution is 0.877. The van der Waals surface area contributed by atoms with E-state index >= 15 is 0 Å². The van der Waals surface area contributed by atoms with Crippen molar-refractivity contribution in [2.75, 3.05) is 14.7 Å². The summed E-state index contributed by atoms with van der Waals surface area (Å²) in [6.07, 6.45) is 9.96. The zero-order valence-corrected chi connectivity index (χ0v) is 43.0. The number of nitrogens with zero attached hydrogens (tertiary/aromatic N) is 3. The monoisotopic (exact) mass is 983 g/mol. The highest BCUT2D eigenvalue weighted by Gasteiger charge is 2.21. The Morgan fingerprint density at radius 3 is 1.24 bits per heavy atom. The van der Waals surface area contributed by atoms with Crippen LogP contribution in [0.5, 0.6) is 0 Å². The van der Waals surface area contributed by atoms with Crippen molar-refractivity contribution in [1.82, 2.24) is 0 Å². The first-order valence-electron chi connectivity index (χ1n) is 25.7. The van der Waals surface area contributed by atoms with E-state index in [2.05, 4.69) is 302 Å². The standard InChI is InChI=1S/C71H57N3S/c1-4-19-58(20-5-2)72(68-33-16-25-54-22-10-13-30-65(54)68)59-42-36-52(37-43-59)53-38-44-60(45-39-53)73(69-34-17-26-55-23-11-14-31-66(55)69)62-48-50-63(51-49-62)74(70-35-18-27-56-24-12-15-32-67(56)70)61-46-40-57(41-47-61)71(21-6-3)75-64-28-8-7-9-29-64/h4,6-19,21-51H,1,3,5,20H2,2H3/b58-19+,71-21-. The zero-order valence-electron chi connectivity index (χ0n) is 42.1. The van der Waals surface area contributed by atoms with Crippen LogP contribution in [0, 0.1) is 0 Å². The van der Waals surface area contributed by atoms with Gasteiger partial charge in [0.15, 0.2) is 0 Å². The van der Waals surface area contributed by atoms with Crippen LogP contribution in [0.1, 0.15) is 25.3 Å². The van der Waals surface area contributed by atoms with Crippen molar-refractivity contribution in [2.45, 2.75) is 24.7 Å². The number of thioether (sulfide) groups is 1. The minimum atomic E-state index is 0.926. The molecule has 0 saturated carbocycles. The molecule has 0 spiro atoms. The molecule has 11 aromatic rings. The van der Waals surface area contributed by atoms with Gasteiger partial charge in [-0.25, -0.2) is 0 Å². The maximum atomic E-state index is 4.09. The molecule has 0 aromatic heterocycles. The number of hydrogen-bond acceptors (Lipinski definition) is 4. The lowest BCUT2D eigenvalue weighted by atomic mass is 10.0. The summed E-state index contributed by atoms with van der Waals surface area (Å²) in [5.41, 5.74) is 13.4. The van der Waals surface area contributed by atoms with Crippen LogP contribution < -0.4 is 14.7 Å². The summed E-state index contributed by atoms with van der Waals surface area (Å²) in [6.45, 7) is 10.4. The summed E-state index contributed by atoms with van der Waals surface area (Å²) in [6, 6.07) is 92.1. The maximum Gasteiger partial charge on any atom is 0.0540 e. The topological polar surface area (TPSA) is 9.72 Å². The molecule has 4 heteroatoms. The summed E-state index contributed by atoms with van der Waals surface area (Å²) >= 11 is 1.75. The number of rotatable bonds is 17. The van der Waals surface area contributed by atoms with E-state index in [1.54, 1.807) is 11.8 Å². The molecule has 75 heavy (non-hydrogen) atoms. The van der Waals surface area contributed by atoms with Gasteiger partial charge in [0, 0.05) is 60.1 Å². The molecule has 0 aliphatic carbocycles. The molecule has 0 amide bonds. The van der Waals surface area contributed by atoms with Crippen molar-refractivity contribution in [3.8, 4) is 11.1 Å². The molecule has 0 saturated heterocycles. The molecule has 0 fully saturated rings. The lowest BCUT2D eigenvalue weighted by Crippen LogP contribution is -2.16. The van der Waals surface area contributed by atoms with E-state index in [-0.39, 0.29) is 0 Å². The van der Waals surface area contributed by atoms with E-state index in [1.165, 1.54) is 42.9 Å². The van der Waals surface area contributed by atoms with Crippen molar-refractivity contribution >= 4 is 94.5 Å². The van der Waals surface area contributed by atoms with Crippen LogP contribution in [0.15, 0.2) is 303 Å². The first-order valence-corrected chi connectivity index (χ1v) is 26.5. The summed E-state index contributed by atoms with van der Waals surface area (Å²) in [5, 5.41) is 7.17. The minimum Gasteiger partial charge on any atom is -0.314 e.